The highest BCUT2D eigenvalue weighted by Crippen LogP contribution is 2.21. The molecule has 0 aliphatic rings. The van der Waals surface area contributed by atoms with Crippen molar-refractivity contribution in [3.63, 3.8) is 0 Å². The highest BCUT2D eigenvalue weighted by atomic mass is 35.5. The minimum absolute atomic E-state index is 0.193. The van der Waals surface area contributed by atoms with Crippen LogP contribution in [0.4, 0.5) is 5.69 Å². The number of aromatic carboxylic acids is 1. The molecule has 0 atom stereocenters. The van der Waals surface area contributed by atoms with E-state index in [1.165, 1.54) is 12.1 Å². The number of rotatable bonds is 7. The maximum Gasteiger partial charge on any atom is 0.335 e. The van der Waals surface area contributed by atoms with Gasteiger partial charge in [-0.25, -0.2) is 4.79 Å². The number of carboxylic acid groups (broad SMARTS) is 1. The lowest BCUT2D eigenvalue weighted by atomic mass is 10.2. The average Bonchev–Trinajstić information content (AvgIpc) is 2.68. The Morgan fingerprint density at radius 3 is 2.67 bits per heavy atom. The third-order valence-electron chi connectivity index (χ3n) is 3.77. The molecule has 136 valence electrons. The number of nitrogens with zero attached hydrogens (tertiary/aromatic N) is 1. The lowest BCUT2D eigenvalue weighted by molar-refractivity contribution is 0.0697. The molecule has 0 radical (unpaired) electrons. The van der Waals surface area contributed by atoms with Crippen LogP contribution in [-0.4, -0.2) is 17.3 Å². The quantitative estimate of drug-likeness (QED) is 0.443. The molecular formula is C21H17ClN2O3. The number of hydrogen-bond donors (Lipinski definition) is 2. The van der Waals surface area contributed by atoms with Crippen molar-refractivity contribution in [3.8, 4) is 5.75 Å². The molecule has 0 aliphatic heterocycles. The predicted molar refractivity (Wildman–Crippen MR) is 107 cm³/mol. The Morgan fingerprint density at radius 1 is 1.07 bits per heavy atom. The first-order valence-corrected chi connectivity index (χ1v) is 8.59. The summed E-state index contributed by atoms with van der Waals surface area (Å²) in [6.45, 7) is 0.346. The Hall–Kier alpha value is -3.31. The van der Waals surface area contributed by atoms with Gasteiger partial charge in [0.05, 0.1) is 17.5 Å². The summed E-state index contributed by atoms with van der Waals surface area (Å²) in [6, 6.07) is 21.4. The van der Waals surface area contributed by atoms with Crippen LogP contribution < -0.4 is 10.2 Å². The van der Waals surface area contributed by atoms with Crippen LogP contribution in [0.3, 0.4) is 0 Å². The van der Waals surface area contributed by atoms with Gasteiger partial charge < -0.3 is 9.84 Å². The van der Waals surface area contributed by atoms with Gasteiger partial charge in [-0.15, -0.1) is 0 Å². The van der Waals surface area contributed by atoms with Crippen LogP contribution in [0.1, 0.15) is 21.5 Å². The van der Waals surface area contributed by atoms with Gasteiger partial charge in [-0.05, 0) is 36.4 Å². The van der Waals surface area contributed by atoms with E-state index in [0.29, 0.717) is 23.1 Å². The lowest BCUT2D eigenvalue weighted by Crippen LogP contribution is -2.00. The van der Waals surface area contributed by atoms with Gasteiger partial charge >= 0.3 is 5.97 Å². The van der Waals surface area contributed by atoms with Crippen LogP contribution >= 0.6 is 11.6 Å². The summed E-state index contributed by atoms with van der Waals surface area (Å²) < 4.78 is 5.88. The highest BCUT2D eigenvalue weighted by Gasteiger charge is 2.05. The number of anilines is 1. The van der Waals surface area contributed by atoms with Gasteiger partial charge in [0.2, 0.25) is 0 Å². The fourth-order valence-electron chi connectivity index (χ4n) is 2.39. The standard InChI is InChI=1S/C21H17ClN2O3/c22-19-10-3-1-7-17(19)14-27-20-11-4-2-6-16(20)13-23-24-18-9-5-8-15(12-18)21(25)26/h1-13,24H,14H2,(H,25,26). The zero-order chi connectivity index (χ0) is 19.1. The SMILES string of the molecule is O=C(O)c1cccc(NN=Cc2ccccc2OCc2ccccc2Cl)c1. The van der Waals surface area contributed by atoms with E-state index in [4.69, 9.17) is 21.4 Å². The van der Waals surface area contributed by atoms with E-state index >= 15 is 0 Å². The number of carbonyl (C=O) groups is 1. The second kappa shape index (κ2) is 8.87. The van der Waals surface area contributed by atoms with Crippen LogP contribution in [0.5, 0.6) is 5.75 Å². The van der Waals surface area contributed by atoms with E-state index in [-0.39, 0.29) is 5.56 Å². The van der Waals surface area contributed by atoms with E-state index in [1.54, 1.807) is 18.3 Å². The third kappa shape index (κ3) is 5.09. The maximum absolute atomic E-state index is 11.0. The van der Waals surface area contributed by atoms with Crippen LogP contribution in [-0.2, 0) is 6.61 Å². The molecule has 0 fully saturated rings. The summed E-state index contributed by atoms with van der Waals surface area (Å²) in [5, 5.41) is 13.9. The third-order valence-corrected chi connectivity index (χ3v) is 4.14. The summed E-state index contributed by atoms with van der Waals surface area (Å²) in [6.07, 6.45) is 1.62. The molecule has 0 aromatic heterocycles. The van der Waals surface area contributed by atoms with Gasteiger partial charge in [-0.2, -0.15) is 5.10 Å². The molecule has 0 spiro atoms. The Kier molecular flexibility index (Phi) is 6.07. The zero-order valence-corrected chi connectivity index (χ0v) is 15.1. The number of halogens is 1. The molecule has 0 unspecified atom stereocenters. The smallest absolute Gasteiger partial charge is 0.335 e. The summed E-state index contributed by atoms with van der Waals surface area (Å²) in [5.74, 6) is -0.316. The van der Waals surface area contributed by atoms with Gasteiger partial charge in [-0.3, -0.25) is 5.43 Å². The molecular weight excluding hydrogens is 364 g/mol. The molecule has 3 aromatic carbocycles. The first-order valence-electron chi connectivity index (χ1n) is 8.21. The van der Waals surface area contributed by atoms with Crippen molar-refractivity contribution in [2.24, 2.45) is 5.10 Å². The fraction of sp³-hybridized carbons (Fsp3) is 0.0476. The molecule has 5 nitrogen and oxygen atoms in total. The molecule has 0 saturated heterocycles. The van der Waals surface area contributed by atoms with Crippen molar-refractivity contribution in [1.29, 1.82) is 0 Å². The van der Waals surface area contributed by atoms with E-state index < -0.39 is 5.97 Å². The van der Waals surface area contributed by atoms with Crippen molar-refractivity contribution in [2.75, 3.05) is 5.43 Å². The molecule has 27 heavy (non-hydrogen) atoms. The number of ether oxygens (including phenoxy) is 1. The summed E-state index contributed by atoms with van der Waals surface area (Å²) >= 11 is 6.16. The molecule has 3 aromatic rings. The fourth-order valence-corrected chi connectivity index (χ4v) is 2.58. The topological polar surface area (TPSA) is 70.9 Å². The van der Waals surface area contributed by atoms with Gasteiger partial charge in [0, 0.05) is 16.1 Å². The number of hydrazone groups is 1. The number of carboxylic acids is 1. The first kappa shape index (κ1) is 18.5. The minimum Gasteiger partial charge on any atom is -0.488 e. The van der Waals surface area contributed by atoms with Crippen molar-refractivity contribution >= 4 is 29.5 Å². The zero-order valence-electron chi connectivity index (χ0n) is 14.3. The second-order valence-corrected chi connectivity index (χ2v) is 6.08. The van der Waals surface area contributed by atoms with Crippen molar-refractivity contribution < 1.29 is 14.6 Å². The molecule has 0 saturated carbocycles. The van der Waals surface area contributed by atoms with Gasteiger partial charge in [0.25, 0.3) is 0 Å². The van der Waals surface area contributed by atoms with Gasteiger partial charge in [0.1, 0.15) is 12.4 Å². The van der Waals surface area contributed by atoms with Crippen LogP contribution in [0, 0.1) is 0 Å². The van der Waals surface area contributed by atoms with Crippen molar-refractivity contribution in [1.82, 2.24) is 0 Å². The summed E-state index contributed by atoms with van der Waals surface area (Å²) in [5.41, 5.74) is 5.29. The number of hydrogen-bond acceptors (Lipinski definition) is 4. The predicted octanol–water partition coefficient (Wildman–Crippen LogP) is 5.06. The molecule has 6 heteroatoms. The van der Waals surface area contributed by atoms with Crippen LogP contribution in [0.15, 0.2) is 77.9 Å². The molecule has 0 amide bonds. The molecule has 0 heterocycles. The summed E-state index contributed by atoms with van der Waals surface area (Å²) in [4.78, 5) is 11.0. The normalized spacial score (nSPS) is 10.7. The van der Waals surface area contributed by atoms with E-state index in [1.807, 2.05) is 48.5 Å². The molecule has 3 rings (SSSR count). The van der Waals surface area contributed by atoms with Crippen LogP contribution in [0.2, 0.25) is 5.02 Å². The van der Waals surface area contributed by atoms with Crippen LogP contribution in [0.25, 0.3) is 0 Å². The molecule has 2 N–H and O–H groups in total. The van der Waals surface area contributed by atoms with E-state index in [0.717, 1.165) is 11.1 Å². The highest BCUT2D eigenvalue weighted by molar-refractivity contribution is 6.31. The summed E-state index contributed by atoms with van der Waals surface area (Å²) in [7, 11) is 0. The monoisotopic (exact) mass is 380 g/mol. The van der Waals surface area contributed by atoms with E-state index in [9.17, 15) is 4.79 Å². The minimum atomic E-state index is -0.985. The Labute approximate surface area is 161 Å². The number of benzene rings is 3. The van der Waals surface area contributed by atoms with Gasteiger partial charge in [0.15, 0.2) is 0 Å². The van der Waals surface area contributed by atoms with E-state index in [2.05, 4.69) is 10.5 Å². The van der Waals surface area contributed by atoms with Crippen molar-refractivity contribution in [2.45, 2.75) is 6.61 Å². The molecule has 0 bridgehead atoms. The Morgan fingerprint density at radius 2 is 1.85 bits per heavy atom. The second-order valence-electron chi connectivity index (χ2n) is 5.67. The van der Waals surface area contributed by atoms with Gasteiger partial charge in [-0.1, -0.05) is 48.0 Å². The largest absolute Gasteiger partial charge is 0.488 e. The molecule has 0 aliphatic carbocycles. The maximum atomic E-state index is 11.0. The average molecular weight is 381 g/mol. The Bertz CT molecular complexity index is 973. The first-order chi connectivity index (χ1) is 13.1. The number of para-hydroxylation sites is 1. The van der Waals surface area contributed by atoms with Crippen molar-refractivity contribution in [3.05, 3.63) is 94.5 Å². The lowest BCUT2D eigenvalue weighted by Gasteiger charge is -2.10. The number of nitrogens with one attached hydrogen (secondary N) is 1. The Balaban J connectivity index is 1.68.